The van der Waals surface area contributed by atoms with Crippen LogP contribution in [-0.2, 0) is 37.8 Å². The number of benzene rings is 2. The van der Waals surface area contributed by atoms with Gasteiger partial charge in [0.15, 0.2) is 5.82 Å². The van der Waals surface area contributed by atoms with E-state index in [1.807, 2.05) is 30.3 Å². The standard InChI is InChI=1S/C51H61ClN10O4/c1-8-46(64)55-41-24-34(9-12-43(41)60-20-19-59(28-32(60)4)35-14-17-58(18-15-35)36-10-11-40(52)38(25-36)31(2)3)54-47-50(66)57(7)29-42(56-47)37-13-16-53-48(39(37)30-63)62-22-21-61-44(49(62)65)23-33-26-51(5,6)27-45(33)61/h8-13,16,23-25,29,31-32,35,63H,1,14-15,17-22,26-28,30H2,2-7H3,(H,54,56)(H,55,64). The average molecular weight is 914 g/mol. The Hall–Kier alpha value is -5.96. The minimum absolute atomic E-state index is 0.0553. The zero-order valence-corrected chi connectivity index (χ0v) is 39.7. The Labute approximate surface area is 391 Å². The van der Waals surface area contributed by atoms with Crippen LogP contribution < -0.4 is 30.9 Å². The second kappa shape index (κ2) is 18.0. The molecule has 9 rings (SSSR count). The van der Waals surface area contributed by atoms with Crippen LogP contribution in [0.3, 0.4) is 0 Å². The largest absolute Gasteiger partial charge is 0.392 e. The van der Waals surface area contributed by atoms with Crippen molar-refractivity contribution in [2.45, 2.75) is 91.5 Å². The molecule has 14 nitrogen and oxygen atoms in total. The maximum Gasteiger partial charge on any atom is 0.293 e. The van der Waals surface area contributed by atoms with Gasteiger partial charge in [-0.1, -0.05) is 45.9 Å². The maximum absolute atomic E-state index is 14.0. The van der Waals surface area contributed by atoms with Crippen molar-refractivity contribution >= 4 is 57.8 Å². The highest BCUT2D eigenvalue weighted by Gasteiger charge is 2.38. The number of carbonyl (C=O) groups is 2. The number of hydrogen-bond donors (Lipinski definition) is 3. The number of rotatable bonds is 11. The van der Waals surface area contributed by atoms with Crippen molar-refractivity contribution in [1.29, 1.82) is 0 Å². The Balaban J connectivity index is 0.920. The summed E-state index contributed by atoms with van der Waals surface area (Å²) in [6.07, 6.45) is 8.49. The number of aryl methyl sites for hydroxylation is 1. The molecule has 3 aromatic heterocycles. The Morgan fingerprint density at radius 1 is 1.02 bits per heavy atom. The molecule has 6 heterocycles. The molecule has 2 saturated heterocycles. The number of anilines is 6. The first-order valence-corrected chi connectivity index (χ1v) is 23.6. The van der Waals surface area contributed by atoms with Crippen LogP contribution in [0.5, 0.6) is 0 Å². The number of nitrogens with zero attached hydrogens (tertiary/aromatic N) is 8. The summed E-state index contributed by atoms with van der Waals surface area (Å²) in [7, 11) is 1.65. The number of aliphatic hydroxyl groups excluding tert-OH is 1. The number of aromatic nitrogens is 4. The number of piperidine rings is 1. The second-order valence-corrected chi connectivity index (χ2v) is 19.9. The minimum atomic E-state index is -0.398. The van der Waals surface area contributed by atoms with Crippen LogP contribution in [0.4, 0.5) is 34.4 Å². The van der Waals surface area contributed by atoms with E-state index >= 15 is 0 Å². The van der Waals surface area contributed by atoms with Crippen LogP contribution in [0.25, 0.3) is 11.3 Å². The van der Waals surface area contributed by atoms with Gasteiger partial charge in [-0.25, -0.2) is 9.97 Å². The van der Waals surface area contributed by atoms with E-state index in [0.717, 1.165) is 69.1 Å². The first-order valence-electron chi connectivity index (χ1n) is 23.2. The highest BCUT2D eigenvalue weighted by molar-refractivity contribution is 6.31. The highest BCUT2D eigenvalue weighted by atomic mass is 35.5. The SMILES string of the molecule is C=CC(=O)Nc1cc(Nc2nc(-c3ccnc(N4CCn5c(cc6c5CC(C)(C)C6)C4=O)c3CO)cn(C)c2=O)ccc1N1CCN(C2CCN(c3ccc(Cl)c(C(C)C)c3)CC2)CC1C. The average Bonchev–Trinajstić information content (AvgIpc) is 3.80. The number of pyridine rings is 1. The topological polar surface area (TPSA) is 144 Å². The van der Waals surface area contributed by atoms with Crippen LogP contribution in [0, 0.1) is 5.41 Å². The fourth-order valence-electron chi connectivity index (χ4n) is 10.7. The van der Waals surface area contributed by atoms with Crippen LogP contribution in [0.1, 0.15) is 86.3 Å². The second-order valence-electron chi connectivity index (χ2n) is 19.5. The van der Waals surface area contributed by atoms with Crippen molar-refractivity contribution in [2.75, 3.05) is 64.6 Å². The molecule has 66 heavy (non-hydrogen) atoms. The van der Waals surface area contributed by atoms with E-state index in [0.29, 0.717) is 64.8 Å². The predicted molar refractivity (Wildman–Crippen MR) is 264 cm³/mol. The lowest BCUT2D eigenvalue weighted by Gasteiger charge is -2.47. The fraction of sp³-hybridized carbons (Fsp3) is 0.431. The molecule has 2 aromatic carbocycles. The smallest absolute Gasteiger partial charge is 0.293 e. The van der Waals surface area contributed by atoms with Gasteiger partial charge in [0, 0.05) is 111 Å². The molecular weight excluding hydrogens is 852 g/mol. The number of aliphatic hydroxyl groups is 1. The van der Waals surface area contributed by atoms with Crippen molar-refractivity contribution in [3.63, 3.8) is 0 Å². The number of halogens is 1. The number of carbonyl (C=O) groups excluding carboxylic acids is 2. The van der Waals surface area contributed by atoms with Gasteiger partial charge in [-0.2, -0.15) is 0 Å². The van der Waals surface area contributed by atoms with Crippen molar-refractivity contribution in [3.05, 3.63) is 117 Å². The summed E-state index contributed by atoms with van der Waals surface area (Å²) in [5.41, 5.74) is 8.74. The molecule has 1 aliphatic carbocycles. The van der Waals surface area contributed by atoms with Crippen LogP contribution >= 0.6 is 11.6 Å². The maximum atomic E-state index is 14.0. The molecule has 3 aliphatic heterocycles. The van der Waals surface area contributed by atoms with Crippen molar-refractivity contribution in [3.8, 4) is 11.3 Å². The Kier molecular flexibility index (Phi) is 12.3. The number of amides is 2. The molecule has 1 unspecified atom stereocenters. The van der Waals surface area contributed by atoms with Gasteiger partial charge in [-0.3, -0.25) is 24.2 Å². The molecule has 0 spiro atoms. The lowest BCUT2D eigenvalue weighted by atomic mass is 9.90. The summed E-state index contributed by atoms with van der Waals surface area (Å²) in [6.45, 7) is 20.0. The van der Waals surface area contributed by atoms with E-state index in [1.165, 1.54) is 33.2 Å². The minimum Gasteiger partial charge on any atom is -0.392 e. The molecule has 15 heteroatoms. The Bertz CT molecular complexity index is 2770. The van der Waals surface area contributed by atoms with Gasteiger partial charge in [0.2, 0.25) is 5.91 Å². The Morgan fingerprint density at radius 2 is 1.80 bits per heavy atom. The number of fused-ring (bicyclic) bond motifs is 3. The van der Waals surface area contributed by atoms with E-state index < -0.39 is 6.61 Å². The molecule has 5 aromatic rings. The van der Waals surface area contributed by atoms with Gasteiger partial charge in [-0.15, -0.1) is 0 Å². The third kappa shape index (κ3) is 8.62. The van der Waals surface area contributed by atoms with Gasteiger partial charge in [0.25, 0.3) is 11.5 Å². The summed E-state index contributed by atoms with van der Waals surface area (Å²) in [4.78, 5) is 59.1. The summed E-state index contributed by atoms with van der Waals surface area (Å²) in [5.74, 6) is 0.287. The van der Waals surface area contributed by atoms with Gasteiger partial charge >= 0.3 is 0 Å². The monoisotopic (exact) mass is 912 g/mol. The van der Waals surface area contributed by atoms with Gasteiger partial charge < -0.3 is 34.7 Å². The number of hydrogen-bond acceptors (Lipinski definition) is 10. The zero-order chi connectivity index (χ0) is 46.6. The summed E-state index contributed by atoms with van der Waals surface area (Å²) < 4.78 is 3.59. The lowest BCUT2D eigenvalue weighted by Crippen LogP contribution is -2.57. The fourth-order valence-corrected chi connectivity index (χ4v) is 11.0. The van der Waals surface area contributed by atoms with Crippen LogP contribution in [0.2, 0.25) is 5.02 Å². The molecule has 3 N–H and O–H groups in total. The quantitative estimate of drug-likeness (QED) is 0.113. The third-order valence-corrected chi connectivity index (χ3v) is 14.4. The van der Waals surface area contributed by atoms with E-state index in [9.17, 15) is 19.5 Å². The first-order chi connectivity index (χ1) is 31.6. The summed E-state index contributed by atoms with van der Waals surface area (Å²) >= 11 is 6.51. The highest BCUT2D eigenvalue weighted by Crippen LogP contribution is 2.41. The van der Waals surface area contributed by atoms with Crippen molar-refractivity contribution < 1.29 is 14.7 Å². The summed E-state index contributed by atoms with van der Waals surface area (Å²) in [5, 5.41) is 17.9. The molecule has 0 saturated carbocycles. The van der Waals surface area contributed by atoms with E-state index in [4.69, 9.17) is 16.6 Å². The van der Waals surface area contributed by atoms with Crippen molar-refractivity contribution in [1.82, 2.24) is 24.0 Å². The summed E-state index contributed by atoms with van der Waals surface area (Å²) in [6, 6.07) is 16.5. The van der Waals surface area contributed by atoms with E-state index in [-0.39, 0.29) is 34.6 Å². The molecule has 2 amide bonds. The van der Waals surface area contributed by atoms with Crippen molar-refractivity contribution in [2.24, 2.45) is 12.5 Å². The molecule has 346 valence electrons. The molecule has 4 aliphatic rings. The first kappa shape index (κ1) is 45.2. The molecule has 1 atom stereocenters. The predicted octanol–water partition coefficient (Wildman–Crippen LogP) is 7.75. The van der Waals surface area contributed by atoms with Gasteiger partial charge in [-0.05, 0) is 110 Å². The number of piperazine rings is 1. The number of nitrogens with one attached hydrogen (secondary N) is 2. The Morgan fingerprint density at radius 3 is 2.53 bits per heavy atom. The molecule has 0 bridgehead atoms. The van der Waals surface area contributed by atoms with Crippen LogP contribution in [-0.4, -0.2) is 92.3 Å². The molecule has 0 radical (unpaired) electrons. The molecule has 2 fully saturated rings. The van der Waals surface area contributed by atoms with Gasteiger partial charge in [0.1, 0.15) is 11.5 Å². The zero-order valence-electron chi connectivity index (χ0n) is 38.9. The lowest BCUT2D eigenvalue weighted by molar-refractivity contribution is -0.111. The van der Waals surface area contributed by atoms with Gasteiger partial charge in [0.05, 0.1) is 23.7 Å². The molecular formula is C51H61ClN10O4. The third-order valence-electron chi connectivity index (χ3n) is 14.0. The normalized spacial score (nSPS) is 18.7. The van der Waals surface area contributed by atoms with E-state index in [2.05, 4.69) is 88.2 Å². The van der Waals surface area contributed by atoms with Crippen LogP contribution in [0.15, 0.2) is 78.4 Å². The van der Waals surface area contributed by atoms with E-state index in [1.54, 1.807) is 30.4 Å².